The first-order valence-corrected chi connectivity index (χ1v) is 5.08. The Morgan fingerprint density at radius 1 is 1.33 bits per heavy atom. The summed E-state index contributed by atoms with van der Waals surface area (Å²) in [5.41, 5.74) is 3.16. The van der Waals surface area contributed by atoms with Crippen LogP contribution in [0.1, 0.15) is 12.5 Å². The summed E-state index contributed by atoms with van der Waals surface area (Å²) in [7, 11) is 2.02. The van der Waals surface area contributed by atoms with Crippen molar-refractivity contribution in [2.45, 2.75) is 12.6 Å². The molecule has 0 fully saturated rings. The fourth-order valence-electron chi connectivity index (χ4n) is 2.32. The van der Waals surface area contributed by atoms with Gasteiger partial charge in [0.1, 0.15) is 6.61 Å². The molecule has 0 radical (unpaired) electrons. The van der Waals surface area contributed by atoms with Crippen LogP contribution in [0.3, 0.4) is 0 Å². The van der Waals surface area contributed by atoms with E-state index in [0.717, 1.165) is 0 Å². The number of benzene rings is 1. The second-order valence-electron chi connectivity index (χ2n) is 4.04. The molecule has 1 atom stereocenters. The normalized spacial score (nSPS) is 28.4. The lowest BCUT2D eigenvalue weighted by molar-refractivity contribution is -0.338. The summed E-state index contributed by atoms with van der Waals surface area (Å²) >= 11 is 0. The standard InChI is InChI=1S/C12H13NO2/c1-12-10(7-8-14-15-12)9-5-3-4-6-11(9)13(12)2/h3-7H,8H2,1-2H3/t12-/m0/s1. The van der Waals surface area contributed by atoms with E-state index in [-0.39, 0.29) is 0 Å². The molecule has 2 aliphatic heterocycles. The first kappa shape index (κ1) is 8.95. The summed E-state index contributed by atoms with van der Waals surface area (Å²) in [5, 5.41) is 0. The van der Waals surface area contributed by atoms with Crippen LogP contribution in [0.2, 0.25) is 0 Å². The zero-order valence-electron chi connectivity index (χ0n) is 8.86. The van der Waals surface area contributed by atoms with Crippen molar-refractivity contribution in [1.29, 1.82) is 0 Å². The van der Waals surface area contributed by atoms with Crippen molar-refractivity contribution in [2.24, 2.45) is 0 Å². The van der Waals surface area contributed by atoms with Gasteiger partial charge in [0.15, 0.2) is 5.72 Å². The minimum Gasteiger partial charge on any atom is -0.340 e. The summed E-state index contributed by atoms with van der Waals surface area (Å²) in [6, 6.07) is 8.31. The maximum absolute atomic E-state index is 5.44. The van der Waals surface area contributed by atoms with E-state index in [1.54, 1.807) is 0 Å². The Balaban J connectivity index is 2.24. The second-order valence-corrected chi connectivity index (χ2v) is 4.04. The predicted molar refractivity (Wildman–Crippen MR) is 58.3 cm³/mol. The molecule has 1 aromatic rings. The molecule has 78 valence electrons. The Morgan fingerprint density at radius 3 is 3.00 bits per heavy atom. The van der Waals surface area contributed by atoms with E-state index in [2.05, 4.69) is 29.2 Å². The van der Waals surface area contributed by atoms with Crippen molar-refractivity contribution < 1.29 is 9.78 Å². The van der Waals surface area contributed by atoms with E-state index in [1.165, 1.54) is 16.8 Å². The summed E-state index contributed by atoms with van der Waals surface area (Å²) in [5.74, 6) is 0. The monoisotopic (exact) mass is 203 g/mol. The van der Waals surface area contributed by atoms with E-state index in [9.17, 15) is 0 Å². The van der Waals surface area contributed by atoms with Gasteiger partial charge in [0.25, 0.3) is 0 Å². The van der Waals surface area contributed by atoms with Crippen LogP contribution >= 0.6 is 0 Å². The van der Waals surface area contributed by atoms with Crippen molar-refractivity contribution in [2.75, 3.05) is 18.6 Å². The maximum Gasteiger partial charge on any atom is 0.198 e. The van der Waals surface area contributed by atoms with Crippen LogP contribution in [0.4, 0.5) is 5.69 Å². The first-order valence-electron chi connectivity index (χ1n) is 5.08. The van der Waals surface area contributed by atoms with Crippen molar-refractivity contribution in [3.63, 3.8) is 0 Å². The number of rotatable bonds is 0. The predicted octanol–water partition coefficient (Wildman–Crippen LogP) is 2.20. The molecule has 0 unspecified atom stereocenters. The third-order valence-corrected chi connectivity index (χ3v) is 3.27. The molecular formula is C12H13NO2. The number of para-hydroxylation sites is 1. The molecule has 1 aromatic carbocycles. The third-order valence-electron chi connectivity index (χ3n) is 3.27. The van der Waals surface area contributed by atoms with E-state index in [0.29, 0.717) is 6.61 Å². The third kappa shape index (κ3) is 1.02. The highest BCUT2D eigenvalue weighted by Gasteiger charge is 2.45. The number of hydrogen-bond donors (Lipinski definition) is 0. The van der Waals surface area contributed by atoms with Crippen LogP contribution in [0.5, 0.6) is 0 Å². The van der Waals surface area contributed by atoms with Gasteiger partial charge in [-0.15, -0.1) is 0 Å². The minimum absolute atomic E-state index is 0.470. The molecule has 0 saturated carbocycles. The second kappa shape index (κ2) is 2.84. The Hall–Kier alpha value is -1.32. The van der Waals surface area contributed by atoms with Crippen molar-refractivity contribution >= 4 is 11.3 Å². The fourth-order valence-corrected chi connectivity index (χ4v) is 2.32. The largest absolute Gasteiger partial charge is 0.340 e. The summed E-state index contributed by atoms with van der Waals surface area (Å²) < 4.78 is 0. The van der Waals surface area contributed by atoms with Gasteiger partial charge in [0.05, 0.1) is 0 Å². The number of nitrogens with zero attached hydrogens (tertiary/aromatic N) is 1. The number of likely N-dealkylation sites (N-methyl/N-ethyl adjacent to an activating group) is 1. The number of fused-ring (bicyclic) bond motifs is 3. The zero-order valence-corrected chi connectivity index (χ0v) is 8.86. The van der Waals surface area contributed by atoms with E-state index < -0.39 is 5.72 Å². The van der Waals surface area contributed by atoms with Crippen molar-refractivity contribution in [1.82, 2.24) is 0 Å². The molecule has 2 aliphatic rings. The number of anilines is 1. The summed E-state index contributed by atoms with van der Waals surface area (Å²) in [6.45, 7) is 2.55. The average molecular weight is 203 g/mol. The van der Waals surface area contributed by atoms with Gasteiger partial charge in [-0.1, -0.05) is 18.2 Å². The molecule has 3 heteroatoms. The molecule has 3 rings (SSSR count). The Bertz CT molecular complexity index is 441. The smallest absolute Gasteiger partial charge is 0.198 e. The van der Waals surface area contributed by atoms with Gasteiger partial charge in [-0.3, -0.25) is 0 Å². The summed E-state index contributed by atoms with van der Waals surface area (Å²) in [6.07, 6.45) is 2.09. The molecule has 0 N–H and O–H groups in total. The van der Waals surface area contributed by atoms with Gasteiger partial charge in [-0.25, -0.2) is 9.78 Å². The van der Waals surface area contributed by atoms with E-state index >= 15 is 0 Å². The molecule has 15 heavy (non-hydrogen) atoms. The van der Waals surface area contributed by atoms with Gasteiger partial charge in [0.2, 0.25) is 0 Å². The average Bonchev–Trinajstić information content (AvgIpc) is 2.50. The minimum atomic E-state index is -0.470. The van der Waals surface area contributed by atoms with Crippen LogP contribution in [0, 0.1) is 0 Å². The van der Waals surface area contributed by atoms with Crippen LogP contribution in [-0.2, 0) is 9.78 Å². The molecule has 3 nitrogen and oxygen atoms in total. The lowest BCUT2D eigenvalue weighted by atomic mass is 10.00. The lowest BCUT2D eigenvalue weighted by Gasteiger charge is -2.35. The summed E-state index contributed by atoms with van der Waals surface area (Å²) in [4.78, 5) is 12.6. The van der Waals surface area contributed by atoms with Gasteiger partial charge in [0, 0.05) is 23.9 Å². The quantitative estimate of drug-likeness (QED) is 0.603. The van der Waals surface area contributed by atoms with E-state index in [4.69, 9.17) is 9.78 Å². The highest BCUT2D eigenvalue weighted by atomic mass is 17.2. The highest BCUT2D eigenvalue weighted by Crippen LogP contribution is 2.47. The molecule has 0 aromatic heterocycles. The molecule has 0 amide bonds. The van der Waals surface area contributed by atoms with Gasteiger partial charge in [-0.05, 0) is 19.1 Å². The highest BCUT2D eigenvalue weighted by molar-refractivity contribution is 5.89. The SMILES string of the molecule is CN1c2ccccc2C2=CCOO[C@@]21C. The van der Waals surface area contributed by atoms with Crippen LogP contribution in [0.25, 0.3) is 5.57 Å². The van der Waals surface area contributed by atoms with Gasteiger partial charge < -0.3 is 4.90 Å². The number of hydrogen-bond acceptors (Lipinski definition) is 3. The topological polar surface area (TPSA) is 21.7 Å². The molecule has 0 bridgehead atoms. The molecule has 0 aliphatic carbocycles. The van der Waals surface area contributed by atoms with Gasteiger partial charge >= 0.3 is 0 Å². The van der Waals surface area contributed by atoms with Crippen molar-refractivity contribution in [3.8, 4) is 0 Å². The van der Waals surface area contributed by atoms with Crippen LogP contribution in [-0.4, -0.2) is 19.4 Å². The molecule has 0 saturated heterocycles. The van der Waals surface area contributed by atoms with Crippen LogP contribution < -0.4 is 4.90 Å². The molecular weight excluding hydrogens is 190 g/mol. The Kier molecular flexibility index (Phi) is 1.69. The van der Waals surface area contributed by atoms with E-state index in [1.807, 2.05) is 20.0 Å². The zero-order chi connectivity index (χ0) is 10.5. The molecule has 2 heterocycles. The van der Waals surface area contributed by atoms with Crippen LogP contribution in [0.15, 0.2) is 30.3 Å². The Labute approximate surface area is 88.8 Å². The fraction of sp³-hybridized carbons (Fsp3) is 0.333. The van der Waals surface area contributed by atoms with Crippen molar-refractivity contribution in [3.05, 3.63) is 35.9 Å². The lowest BCUT2D eigenvalue weighted by Crippen LogP contribution is -2.44. The first-order chi connectivity index (χ1) is 7.23. The Morgan fingerprint density at radius 2 is 2.13 bits per heavy atom. The maximum atomic E-state index is 5.44. The molecule has 0 spiro atoms. The van der Waals surface area contributed by atoms with Gasteiger partial charge in [-0.2, -0.15) is 0 Å².